The van der Waals surface area contributed by atoms with Gasteiger partial charge in [-0.05, 0) is 5.41 Å². The molecule has 1 aliphatic rings. The van der Waals surface area contributed by atoms with Crippen LogP contribution >= 0.6 is 0 Å². The summed E-state index contributed by atoms with van der Waals surface area (Å²) in [5.41, 5.74) is 1.57. The fourth-order valence-corrected chi connectivity index (χ4v) is 4.03. The number of carbonyl (C=O) groups excluding carboxylic acids is 2. The Kier molecular flexibility index (Phi) is 6.13. The van der Waals surface area contributed by atoms with E-state index in [0.717, 1.165) is 22.9 Å². The largest absolute Gasteiger partial charge is 0.357 e. The second-order valence-corrected chi connectivity index (χ2v) is 9.12. The third-order valence-electron chi connectivity index (χ3n) is 5.78. The zero-order chi connectivity index (χ0) is 23.6. The summed E-state index contributed by atoms with van der Waals surface area (Å²) in [6.07, 6.45) is 5.00. The Morgan fingerprint density at radius 3 is 2.48 bits per heavy atom. The Morgan fingerprint density at radius 1 is 1.09 bits per heavy atom. The first-order valence-electron chi connectivity index (χ1n) is 11.0. The molecule has 1 aliphatic heterocycles. The van der Waals surface area contributed by atoms with Crippen LogP contribution in [-0.4, -0.2) is 51.0 Å². The lowest BCUT2D eigenvalue weighted by atomic mass is 9.86. The average molecular weight is 448 g/mol. The van der Waals surface area contributed by atoms with Crippen LogP contribution in [0.5, 0.6) is 0 Å². The van der Waals surface area contributed by atoms with E-state index in [1.165, 1.54) is 0 Å². The van der Waals surface area contributed by atoms with Crippen molar-refractivity contribution in [2.45, 2.75) is 39.9 Å². The molecular formula is C24H29N7O2. The van der Waals surface area contributed by atoms with Gasteiger partial charge < -0.3 is 20.1 Å². The van der Waals surface area contributed by atoms with Crippen molar-refractivity contribution in [1.29, 1.82) is 0 Å². The van der Waals surface area contributed by atoms with E-state index in [1.54, 1.807) is 25.6 Å². The number of hydrogen-bond acceptors (Lipinski definition) is 6. The van der Waals surface area contributed by atoms with E-state index < -0.39 is 11.5 Å². The van der Waals surface area contributed by atoms with Gasteiger partial charge in [0.05, 0.1) is 18.4 Å². The highest BCUT2D eigenvalue weighted by atomic mass is 16.2. The molecular weight excluding hydrogens is 418 g/mol. The third kappa shape index (κ3) is 4.57. The fourth-order valence-electron chi connectivity index (χ4n) is 4.03. The molecule has 3 aromatic rings. The predicted octanol–water partition coefficient (Wildman–Crippen LogP) is 2.25. The first-order valence-corrected chi connectivity index (χ1v) is 11.0. The minimum Gasteiger partial charge on any atom is -0.357 e. The molecule has 2 aromatic heterocycles. The molecule has 172 valence electrons. The van der Waals surface area contributed by atoms with Gasteiger partial charge in [0.1, 0.15) is 17.7 Å². The Bertz CT molecular complexity index is 1140. The first-order chi connectivity index (χ1) is 15.8. The fraction of sp³-hybridized carbons (Fsp3) is 0.375. The maximum atomic E-state index is 13.5. The SMILES string of the molecule is CNC(=O)[C@@H](NC(=O)c1nc(-c2ccccc2)n2c1CN(c1cnccn1)CC2)C(C)(C)C. The topological polar surface area (TPSA) is 105 Å². The van der Waals surface area contributed by atoms with E-state index in [4.69, 9.17) is 4.98 Å². The summed E-state index contributed by atoms with van der Waals surface area (Å²) in [6, 6.07) is 9.11. The average Bonchev–Trinajstić information content (AvgIpc) is 3.21. The van der Waals surface area contributed by atoms with Crippen LogP contribution < -0.4 is 15.5 Å². The molecule has 0 radical (unpaired) electrons. The summed E-state index contributed by atoms with van der Waals surface area (Å²) in [6.45, 7) is 7.57. The molecule has 0 aliphatic carbocycles. The van der Waals surface area contributed by atoms with Gasteiger partial charge in [-0.3, -0.25) is 14.6 Å². The van der Waals surface area contributed by atoms with Crippen LogP contribution in [0.1, 0.15) is 37.0 Å². The Balaban J connectivity index is 1.74. The van der Waals surface area contributed by atoms with Gasteiger partial charge in [-0.2, -0.15) is 0 Å². The smallest absolute Gasteiger partial charge is 0.272 e. The lowest BCUT2D eigenvalue weighted by molar-refractivity contribution is -0.124. The van der Waals surface area contributed by atoms with Crippen LogP contribution in [0.25, 0.3) is 11.4 Å². The molecule has 2 N–H and O–H groups in total. The summed E-state index contributed by atoms with van der Waals surface area (Å²) in [4.78, 5) is 41.4. The van der Waals surface area contributed by atoms with Crippen LogP contribution in [0.3, 0.4) is 0 Å². The molecule has 0 bridgehead atoms. The third-order valence-corrected chi connectivity index (χ3v) is 5.78. The van der Waals surface area contributed by atoms with Crippen molar-refractivity contribution in [2.75, 3.05) is 18.5 Å². The molecule has 3 heterocycles. The Labute approximate surface area is 193 Å². The number of likely N-dealkylation sites (N-methyl/N-ethyl adjacent to an activating group) is 1. The standard InChI is InChI=1S/C24H29N7O2/c1-24(2,3)20(23(33)25-4)29-22(32)19-17-15-30(18-14-26-10-11-27-18)12-13-31(17)21(28-19)16-8-6-5-7-9-16/h5-11,14,20H,12-13,15H2,1-4H3,(H,25,33)(H,29,32)/t20-/m1/s1. The van der Waals surface area contributed by atoms with Gasteiger partial charge in [-0.1, -0.05) is 51.1 Å². The molecule has 0 fully saturated rings. The molecule has 1 aromatic carbocycles. The van der Waals surface area contributed by atoms with Crippen molar-refractivity contribution in [3.05, 3.63) is 60.3 Å². The quantitative estimate of drug-likeness (QED) is 0.622. The molecule has 4 rings (SSSR count). The Morgan fingerprint density at radius 2 is 1.85 bits per heavy atom. The van der Waals surface area contributed by atoms with Crippen LogP contribution in [0, 0.1) is 5.41 Å². The number of nitrogens with zero attached hydrogens (tertiary/aromatic N) is 5. The first kappa shape index (κ1) is 22.4. The zero-order valence-corrected chi connectivity index (χ0v) is 19.4. The highest BCUT2D eigenvalue weighted by Crippen LogP contribution is 2.29. The van der Waals surface area contributed by atoms with Crippen molar-refractivity contribution in [3.63, 3.8) is 0 Å². The molecule has 33 heavy (non-hydrogen) atoms. The van der Waals surface area contributed by atoms with Gasteiger partial charge in [-0.15, -0.1) is 0 Å². The van der Waals surface area contributed by atoms with E-state index in [9.17, 15) is 9.59 Å². The highest BCUT2D eigenvalue weighted by Gasteiger charge is 2.35. The number of benzene rings is 1. The number of anilines is 1. The van der Waals surface area contributed by atoms with Gasteiger partial charge in [0.2, 0.25) is 5.91 Å². The van der Waals surface area contributed by atoms with Crippen molar-refractivity contribution in [2.24, 2.45) is 5.41 Å². The van der Waals surface area contributed by atoms with Gasteiger partial charge in [-0.25, -0.2) is 9.97 Å². The van der Waals surface area contributed by atoms with E-state index in [2.05, 4.69) is 30.1 Å². The summed E-state index contributed by atoms with van der Waals surface area (Å²) < 4.78 is 2.09. The molecule has 0 saturated heterocycles. The second-order valence-electron chi connectivity index (χ2n) is 9.12. The summed E-state index contributed by atoms with van der Waals surface area (Å²) in [5, 5.41) is 5.57. The molecule has 9 heteroatoms. The second kappa shape index (κ2) is 9.01. The lowest BCUT2D eigenvalue weighted by Gasteiger charge is -2.31. The molecule has 2 amide bonds. The van der Waals surface area contributed by atoms with Crippen LogP contribution in [0.2, 0.25) is 0 Å². The van der Waals surface area contributed by atoms with Crippen molar-refractivity contribution in [3.8, 4) is 11.4 Å². The normalized spacial score (nSPS) is 14.4. The van der Waals surface area contributed by atoms with E-state index in [1.807, 2.05) is 51.1 Å². The van der Waals surface area contributed by atoms with E-state index >= 15 is 0 Å². The maximum absolute atomic E-state index is 13.5. The molecule has 0 saturated carbocycles. The van der Waals surface area contributed by atoms with Crippen LogP contribution in [0.4, 0.5) is 5.82 Å². The minimum atomic E-state index is -0.702. The van der Waals surface area contributed by atoms with E-state index in [0.29, 0.717) is 25.3 Å². The molecule has 0 unspecified atom stereocenters. The van der Waals surface area contributed by atoms with Crippen LogP contribution in [-0.2, 0) is 17.9 Å². The van der Waals surface area contributed by atoms with Gasteiger partial charge in [0, 0.05) is 38.1 Å². The number of nitrogens with one attached hydrogen (secondary N) is 2. The molecule has 0 spiro atoms. The Hall–Kier alpha value is -3.75. The number of aromatic nitrogens is 4. The number of amides is 2. The number of carbonyl (C=O) groups is 2. The number of fused-ring (bicyclic) bond motifs is 1. The van der Waals surface area contributed by atoms with Gasteiger partial charge >= 0.3 is 0 Å². The minimum absolute atomic E-state index is 0.242. The number of imidazole rings is 1. The van der Waals surface area contributed by atoms with Gasteiger partial charge in [0.25, 0.3) is 5.91 Å². The molecule has 9 nitrogen and oxygen atoms in total. The predicted molar refractivity (Wildman–Crippen MR) is 126 cm³/mol. The molecule has 1 atom stereocenters. The summed E-state index contributed by atoms with van der Waals surface area (Å²) in [5.74, 6) is 0.871. The number of rotatable bonds is 5. The lowest BCUT2D eigenvalue weighted by Crippen LogP contribution is -2.53. The highest BCUT2D eigenvalue weighted by molar-refractivity contribution is 5.98. The zero-order valence-electron chi connectivity index (χ0n) is 19.4. The van der Waals surface area contributed by atoms with Crippen LogP contribution in [0.15, 0.2) is 48.9 Å². The monoisotopic (exact) mass is 447 g/mol. The maximum Gasteiger partial charge on any atom is 0.272 e. The van der Waals surface area contributed by atoms with Gasteiger partial charge in [0.15, 0.2) is 5.69 Å². The number of hydrogen-bond donors (Lipinski definition) is 2. The van der Waals surface area contributed by atoms with Crippen molar-refractivity contribution in [1.82, 2.24) is 30.2 Å². The van der Waals surface area contributed by atoms with Crippen molar-refractivity contribution < 1.29 is 9.59 Å². The summed E-state index contributed by atoms with van der Waals surface area (Å²) in [7, 11) is 1.57. The summed E-state index contributed by atoms with van der Waals surface area (Å²) >= 11 is 0. The van der Waals surface area contributed by atoms with Crippen molar-refractivity contribution >= 4 is 17.6 Å². The van der Waals surface area contributed by atoms with E-state index in [-0.39, 0.29) is 11.8 Å².